The van der Waals surface area contributed by atoms with Crippen molar-refractivity contribution in [2.75, 3.05) is 0 Å². The van der Waals surface area contributed by atoms with Crippen LogP contribution in [0, 0.1) is 0 Å². The minimum atomic E-state index is -0.0600. The molecule has 0 radical (unpaired) electrons. The molecule has 1 aliphatic carbocycles. The Balaban J connectivity index is 1.94. The molecule has 0 unspecified atom stereocenters. The summed E-state index contributed by atoms with van der Waals surface area (Å²) in [4.78, 5) is 25.1. The number of halogens is 1. The Labute approximate surface area is 163 Å². The maximum Gasteiger partial charge on any atom is 0.193 e. The van der Waals surface area contributed by atoms with Crippen LogP contribution < -0.4 is 0 Å². The molecule has 0 N–H and O–H groups in total. The third-order valence-electron chi connectivity index (χ3n) is 5.29. The van der Waals surface area contributed by atoms with Crippen LogP contribution in [-0.2, 0) is 4.79 Å². The molecule has 1 aliphatic rings. The Bertz CT molecular complexity index is 971. The number of hydrogen-bond donors (Lipinski definition) is 0. The Hall–Kier alpha value is -2.71. The highest BCUT2D eigenvalue weighted by Crippen LogP contribution is 2.46. The van der Waals surface area contributed by atoms with Gasteiger partial charge in [-0.1, -0.05) is 72.3 Å². The van der Waals surface area contributed by atoms with E-state index in [9.17, 15) is 9.59 Å². The van der Waals surface area contributed by atoms with E-state index in [1.54, 1.807) is 6.92 Å². The van der Waals surface area contributed by atoms with Crippen molar-refractivity contribution in [2.24, 2.45) is 0 Å². The lowest BCUT2D eigenvalue weighted by molar-refractivity contribution is -0.117. The van der Waals surface area contributed by atoms with Crippen molar-refractivity contribution in [1.82, 2.24) is 0 Å². The molecular weight excluding hydrogens is 356 g/mol. The van der Waals surface area contributed by atoms with Crippen LogP contribution >= 0.6 is 11.6 Å². The maximum atomic E-state index is 13.0. The van der Waals surface area contributed by atoms with E-state index in [-0.39, 0.29) is 23.4 Å². The second-order valence-electron chi connectivity index (χ2n) is 7.05. The predicted octanol–water partition coefficient (Wildman–Crippen LogP) is 5.78. The summed E-state index contributed by atoms with van der Waals surface area (Å²) >= 11 is 6.08. The molecule has 0 spiro atoms. The van der Waals surface area contributed by atoms with Gasteiger partial charge < -0.3 is 4.79 Å². The van der Waals surface area contributed by atoms with E-state index in [0.717, 1.165) is 27.8 Å². The monoisotopic (exact) mass is 374 g/mol. The molecule has 0 aliphatic heterocycles. The van der Waals surface area contributed by atoms with Crippen molar-refractivity contribution in [3.63, 3.8) is 0 Å². The first kappa shape index (κ1) is 17.7. The number of Topliss-reactive ketones (excluding diaryl/α,β-unsaturated/α-hetero) is 1. The van der Waals surface area contributed by atoms with E-state index >= 15 is 0 Å². The Morgan fingerprint density at radius 2 is 1.41 bits per heavy atom. The molecule has 0 fully saturated rings. The largest absolute Gasteiger partial charge is 0.300 e. The smallest absolute Gasteiger partial charge is 0.193 e. The van der Waals surface area contributed by atoms with Crippen molar-refractivity contribution < 1.29 is 9.59 Å². The molecule has 3 heteroatoms. The van der Waals surface area contributed by atoms with Gasteiger partial charge in [0.05, 0.1) is 0 Å². The van der Waals surface area contributed by atoms with E-state index in [0.29, 0.717) is 11.4 Å². The van der Waals surface area contributed by atoms with Crippen molar-refractivity contribution in [3.05, 3.63) is 106 Å². The molecule has 0 aromatic heterocycles. The third-order valence-corrected chi connectivity index (χ3v) is 5.54. The molecule has 0 saturated carbocycles. The van der Waals surface area contributed by atoms with E-state index in [1.165, 1.54) is 0 Å². The average molecular weight is 375 g/mol. The lowest BCUT2D eigenvalue weighted by Crippen LogP contribution is -2.25. The molecule has 27 heavy (non-hydrogen) atoms. The van der Waals surface area contributed by atoms with Gasteiger partial charge in [0.25, 0.3) is 0 Å². The normalized spacial score (nSPS) is 14.4. The molecule has 3 aromatic carbocycles. The minimum Gasteiger partial charge on any atom is -0.300 e. The fraction of sp³-hybridized carbons (Fsp3) is 0.167. The highest BCUT2D eigenvalue weighted by Gasteiger charge is 2.36. The molecule has 1 atom stereocenters. The maximum absolute atomic E-state index is 13.0. The minimum absolute atomic E-state index is 0.0510. The molecule has 0 saturated heterocycles. The van der Waals surface area contributed by atoms with Crippen LogP contribution in [0.25, 0.3) is 0 Å². The zero-order valence-electron chi connectivity index (χ0n) is 15.0. The van der Waals surface area contributed by atoms with Crippen LogP contribution in [-0.4, -0.2) is 11.6 Å². The zero-order valence-corrected chi connectivity index (χ0v) is 15.7. The molecule has 2 nitrogen and oxygen atoms in total. The van der Waals surface area contributed by atoms with Gasteiger partial charge in [0.2, 0.25) is 0 Å². The van der Waals surface area contributed by atoms with E-state index < -0.39 is 0 Å². The van der Waals surface area contributed by atoms with Gasteiger partial charge in [-0.3, -0.25) is 4.79 Å². The SMILES string of the molecule is CC(=O)C[C@H](c1ccc(Cl)cc1)C1c2ccccc2C(=O)c2ccccc21. The molecule has 4 rings (SSSR count). The van der Waals surface area contributed by atoms with Gasteiger partial charge in [0, 0.05) is 34.4 Å². The number of carbonyl (C=O) groups excluding carboxylic acids is 2. The predicted molar refractivity (Wildman–Crippen MR) is 108 cm³/mol. The lowest BCUT2D eigenvalue weighted by Gasteiger charge is -2.33. The van der Waals surface area contributed by atoms with Gasteiger partial charge in [-0.2, -0.15) is 0 Å². The molecule has 0 amide bonds. The van der Waals surface area contributed by atoms with E-state index in [2.05, 4.69) is 0 Å². The van der Waals surface area contributed by atoms with Gasteiger partial charge in [-0.05, 0) is 35.7 Å². The summed E-state index contributed by atoms with van der Waals surface area (Å²) in [6.07, 6.45) is 0.406. The van der Waals surface area contributed by atoms with Crippen molar-refractivity contribution in [1.29, 1.82) is 0 Å². The average Bonchev–Trinajstić information content (AvgIpc) is 2.68. The molecule has 0 heterocycles. The van der Waals surface area contributed by atoms with Crippen LogP contribution in [0.1, 0.15) is 57.8 Å². The zero-order chi connectivity index (χ0) is 19.0. The van der Waals surface area contributed by atoms with Gasteiger partial charge in [0.1, 0.15) is 5.78 Å². The number of hydrogen-bond acceptors (Lipinski definition) is 2. The Morgan fingerprint density at radius 3 is 1.93 bits per heavy atom. The summed E-state index contributed by atoms with van der Waals surface area (Å²) in [6.45, 7) is 1.62. The standard InChI is InChI=1S/C24H19ClO2/c1-15(26)14-22(16-10-12-17(25)13-11-16)23-18-6-2-4-8-20(18)24(27)21-9-5-3-7-19(21)23/h2-13,22-23H,14H2,1H3/t22-/m1/s1. The summed E-state index contributed by atoms with van der Waals surface area (Å²) < 4.78 is 0. The van der Waals surface area contributed by atoms with Crippen molar-refractivity contribution in [3.8, 4) is 0 Å². The van der Waals surface area contributed by atoms with Crippen molar-refractivity contribution >= 4 is 23.2 Å². The highest BCUT2D eigenvalue weighted by atomic mass is 35.5. The van der Waals surface area contributed by atoms with Crippen LogP contribution in [0.5, 0.6) is 0 Å². The lowest BCUT2D eigenvalue weighted by atomic mass is 9.68. The van der Waals surface area contributed by atoms with Crippen LogP contribution in [0.3, 0.4) is 0 Å². The summed E-state index contributed by atoms with van der Waals surface area (Å²) in [5.41, 5.74) is 4.48. The highest BCUT2D eigenvalue weighted by molar-refractivity contribution is 6.30. The number of carbonyl (C=O) groups is 2. The van der Waals surface area contributed by atoms with Gasteiger partial charge in [-0.25, -0.2) is 0 Å². The summed E-state index contributed by atoms with van der Waals surface area (Å²) in [5.74, 6) is 0.0623. The summed E-state index contributed by atoms with van der Waals surface area (Å²) in [7, 11) is 0. The van der Waals surface area contributed by atoms with E-state index in [4.69, 9.17) is 11.6 Å². The second kappa shape index (κ2) is 7.13. The van der Waals surface area contributed by atoms with Gasteiger partial charge >= 0.3 is 0 Å². The second-order valence-corrected chi connectivity index (χ2v) is 7.48. The summed E-state index contributed by atoms with van der Waals surface area (Å²) in [5, 5.41) is 0.667. The molecule has 0 bridgehead atoms. The van der Waals surface area contributed by atoms with Crippen molar-refractivity contribution in [2.45, 2.75) is 25.2 Å². The molecule has 134 valence electrons. The first-order valence-corrected chi connectivity index (χ1v) is 9.41. The quantitative estimate of drug-likeness (QED) is 0.580. The summed E-state index contributed by atoms with van der Waals surface area (Å²) in [6, 6.07) is 23.2. The van der Waals surface area contributed by atoms with Crippen LogP contribution in [0.15, 0.2) is 72.8 Å². The van der Waals surface area contributed by atoms with Gasteiger partial charge in [0.15, 0.2) is 5.78 Å². The Morgan fingerprint density at radius 1 is 0.889 bits per heavy atom. The molecular formula is C24H19ClO2. The van der Waals surface area contributed by atoms with Crippen LogP contribution in [0.2, 0.25) is 5.02 Å². The fourth-order valence-electron chi connectivity index (χ4n) is 4.14. The Kier molecular flexibility index (Phi) is 4.67. The number of rotatable bonds is 4. The number of fused-ring (bicyclic) bond motifs is 2. The third kappa shape index (κ3) is 3.22. The first-order valence-electron chi connectivity index (χ1n) is 9.03. The first-order chi connectivity index (χ1) is 13.1. The molecule has 3 aromatic rings. The number of ketones is 2. The fourth-order valence-corrected chi connectivity index (χ4v) is 4.27. The topological polar surface area (TPSA) is 34.1 Å². The van der Waals surface area contributed by atoms with E-state index in [1.807, 2.05) is 72.8 Å². The number of benzene rings is 3. The van der Waals surface area contributed by atoms with Gasteiger partial charge in [-0.15, -0.1) is 0 Å². The van der Waals surface area contributed by atoms with Crippen LogP contribution in [0.4, 0.5) is 0 Å².